The first-order chi connectivity index (χ1) is 8.50. The van der Waals surface area contributed by atoms with E-state index in [4.69, 9.17) is 27.9 Å². The third-order valence-corrected chi connectivity index (χ3v) is 3.43. The number of hydrogen-bond donors (Lipinski definition) is 0. The molecule has 1 aliphatic rings. The van der Waals surface area contributed by atoms with Crippen LogP contribution in [0.1, 0.15) is 24.3 Å². The maximum atomic E-state index is 12.5. The molecule has 4 nitrogen and oxygen atoms in total. The number of aromatic nitrogens is 1. The molecule has 6 heteroatoms. The Morgan fingerprint density at radius 2 is 1.94 bits per heavy atom. The van der Waals surface area contributed by atoms with Crippen molar-refractivity contribution in [2.75, 3.05) is 13.2 Å². The maximum absolute atomic E-state index is 12.5. The molecule has 2 heterocycles. The summed E-state index contributed by atoms with van der Waals surface area (Å²) >= 11 is 11.8. The molecule has 98 valence electrons. The van der Waals surface area contributed by atoms with Crippen LogP contribution in [-0.2, 0) is 4.74 Å². The van der Waals surface area contributed by atoms with Gasteiger partial charge in [-0.25, -0.2) is 4.98 Å². The molecule has 1 aromatic rings. The van der Waals surface area contributed by atoms with Gasteiger partial charge in [0.25, 0.3) is 5.91 Å². The summed E-state index contributed by atoms with van der Waals surface area (Å²) in [4.78, 5) is 18.2. The number of hydrogen-bond acceptors (Lipinski definition) is 3. The molecule has 1 saturated heterocycles. The van der Waals surface area contributed by atoms with Gasteiger partial charge in [-0.2, -0.15) is 0 Å². The van der Waals surface area contributed by atoms with E-state index in [1.165, 1.54) is 0 Å². The molecule has 1 amide bonds. The van der Waals surface area contributed by atoms with Gasteiger partial charge in [0.1, 0.15) is 10.8 Å². The summed E-state index contributed by atoms with van der Waals surface area (Å²) in [5.74, 6) is -0.203. The number of halogens is 2. The largest absolute Gasteiger partial charge is 0.377 e. The van der Waals surface area contributed by atoms with Gasteiger partial charge < -0.3 is 9.64 Å². The number of carbonyl (C=O) groups is 1. The maximum Gasteiger partial charge on any atom is 0.274 e. The van der Waals surface area contributed by atoms with Crippen molar-refractivity contribution >= 4 is 29.1 Å². The third-order valence-electron chi connectivity index (χ3n) is 2.92. The summed E-state index contributed by atoms with van der Waals surface area (Å²) < 4.78 is 5.39. The van der Waals surface area contributed by atoms with E-state index in [9.17, 15) is 4.79 Å². The summed E-state index contributed by atoms with van der Waals surface area (Å²) in [5, 5.41) is 0.576. The number of carbonyl (C=O) groups excluding carboxylic acids is 1. The quantitative estimate of drug-likeness (QED) is 0.746. The summed E-state index contributed by atoms with van der Waals surface area (Å²) in [7, 11) is 0. The lowest BCUT2D eigenvalue weighted by molar-refractivity contribution is -0.0252. The van der Waals surface area contributed by atoms with E-state index >= 15 is 0 Å². The highest BCUT2D eigenvalue weighted by Gasteiger charge is 2.32. The van der Waals surface area contributed by atoms with Crippen LogP contribution in [0.15, 0.2) is 12.1 Å². The van der Waals surface area contributed by atoms with Crippen molar-refractivity contribution in [1.82, 2.24) is 9.88 Å². The Kier molecular flexibility index (Phi) is 4.10. The van der Waals surface area contributed by atoms with Gasteiger partial charge in [0.05, 0.1) is 30.3 Å². The molecule has 2 rings (SSSR count). The Balaban J connectivity index is 2.32. The van der Waals surface area contributed by atoms with Crippen molar-refractivity contribution in [2.24, 2.45) is 0 Å². The molecule has 1 aromatic heterocycles. The molecule has 0 aliphatic carbocycles. The van der Waals surface area contributed by atoms with Crippen LogP contribution in [0.3, 0.4) is 0 Å². The lowest BCUT2D eigenvalue weighted by Gasteiger charge is -2.38. The van der Waals surface area contributed by atoms with Crippen molar-refractivity contribution in [3.8, 4) is 0 Å². The molecular weight excluding hydrogens is 275 g/mol. The Morgan fingerprint density at radius 1 is 1.33 bits per heavy atom. The van der Waals surface area contributed by atoms with Gasteiger partial charge in [0, 0.05) is 0 Å². The van der Waals surface area contributed by atoms with Crippen LogP contribution in [0.4, 0.5) is 0 Å². The number of ether oxygens (including phenoxy) is 1. The highest BCUT2D eigenvalue weighted by molar-refractivity contribution is 6.34. The van der Waals surface area contributed by atoms with Crippen LogP contribution >= 0.6 is 23.2 Å². The van der Waals surface area contributed by atoms with Gasteiger partial charge in [0.2, 0.25) is 0 Å². The second-order valence-corrected chi connectivity index (χ2v) is 5.21. The number of nitrogens with zero attached hydrogens (tertiary/aromatic N) is 2. The fourth-order valence-corrected chi connectivity index (χ4v) is 2.43. The molecule has 0 bridgehead atoms. The SMILES string of the molecule is C[C@H]1COC[C@H](C)N1C(=O)c1nc(Cl)ccc1Cl. The predicted molar refractivity (Wildman–Crippen MR) is 70.2 cm³/mol. The molecule has 0 radical (unpaired) electrons. The minimum Gasteiger partial charge on any atom is -0.377 e. The lowest BCUT2D eigenvalue weighted by atomic mass is 10.1. The molecule has 1 aliphatic heterocycles. The molecule has 0 saturated carbocycles. The smallest absolute Gasteiger partial charge is 0.274 e. The highest BCUT2D eigenvalue weighted by atomic mass is 35.5. The number of pyridine rings is 1. The topological polar surface area (TPSA) is 42.4 Å². The van der Waals surface area contributed by atoms with Crippen LogP contribution in [0.2, 0.25) is 10.2 Å². The number of rotatable bonds is 1. The monoisotopic (exact) mass is 288 g/mol. The van der Waals surface area contributed by atoms with E-state index in [1.54, 1.807) is 17.0 Å². The molecule has 0 spiro atoms. The number of morpholine rings is 1. The van der Waals surface area contributed by atoms with Crippen LogP contribution in [0, 0.1) is 0 Å². The molecule has 1 fully saturated rings. The van der Waals surface area contributed by atoms with Crippen molar-refractivity contribution < 1.29 is 9.53 Å². The zero-order valence-corrected chi connectivity index (χ0v) is 11.7. The zero-order chi connectivity index (χ0) is 13.3. The normalized spacial score (nSPS) is 24.1. The summed E-state index contributed by atoms with van der Waals surface area (Å²) in [5.41, 5.74) is 0.199. The first kappa shape index (κ1) is 13.6. The first-order valence-corrected chi connectivity index (χ1v) is 6.48. The molecular formula is C12H14Cl2N2O2. The van der Waals surface area contributed by atoms with E-state index in [0.29, 0.717) is 18.2 Å². The minimum atomic E-state index is -0.203. The standard InChI is InChI=1S/C12H14Cl2N2O2/c1-7-5-18-6-8(2)16(7)12(17)11-9(13)3-4-10(14)15-11/h3-4,7-8H,5-6H2,1-2H3/t7-,8-/m0/s1. The fraction of sp³-hybridized carbons (Fsp3) is 0.500. The van der Waals surface area contributed by atoms with Gasteiger partial charge in [-0.05, 0) is 26.0 Å². The molecule has 0 N–H and O–H groups in total. The summed E-state index contributed by atoms with van der Waals surface area (Å²) in [6.07, 6.45) is 0. The minimum absolute atomic E-state index is 0.00176. The summed E-state index contributed by atoms with van der Waals surface area (Å²) in [6.45, 7) is 4.92. The van der Waals surface area contributed by atoms with Gasteiger partial charge in [-0.3, -0.25) is 4.79 Å². The Bertz CT molecular complexity index is 457. The molecule has 0 aromatic carbocycles. The molecule has 18 heavy (non-hydrogen) atoms. The van der Waals surface area contributed by atoms with Gasteiger partial charge in [-0.15, -0.1) is 0 Å². The second-order valence-electron chi connectivity index (χ2n) is 4.41. The Hall–Kier alpha value is -0.840. The Morgan fingerprint density at radius 3 is 2.56 bits per heavy atom. The van der Waals surface area contributed by atoms with Crippen LogP contribution in [0.5, 0.6) is 0 Å². The van der Waals surface area contributed by atoms with Crippen molar-refractivity contribution in [3.05, 3.63) is 28.0 Å². The van der Waals surface area contributed by atoms with E-state index in [2.05, 4.69) is 4.98 Å². The summed E-state index contributed by atoms with van der Waals surface area (Å²) in [6, 6.07) is 3.14. The van der Waals surface area contributed by atoms with Crippen LogP contribution < -0.4 is 0 Å². The predicted octanol–water partition coefficient (Wildman–Crippen LogP) is 2.64. The van der Waals surface area contributed by atoms with E-state index in [1.807, 2.05) is 13.8 Å². The number of amides is 1. The van der Waals surface area contributed by atoms with E-state index in [0.717, 1.165) is 0 Å². The average Bonchev–Trinajstić information content (AvgIpc) is 2.32. The molecule has 2 atom stereocenters. The third kappa shape index (κ3) is 2.60. The second kappa shape index (κ2) is 5.43. The van der Waals surface area contributed by atoms with Crippen molar-refractivity contribution in [1.29, 1.82) is 0 Å². The van der Waals surface area contributed by atoms with Crippen molar-refractivity contribution in [3.63, 3.8) is 0 Å². The molecule has 0 unspecified atom stereocenters. The van der Waals surface area contributed by atoms with E-state index < -0.39 is 0 Å². The van der Waals surface area contributed by atoms with E-state index in [-0.39, 0.29) is 28.8 Å². The zero-order valence-electron chi connectivity index (χ0n) is 10.2. The van der Waals surface area contributed by atoms with Gasteiger partial charge >= 0.3 is 0 Å². The fourth-order valence-electron chi connectivity index (χ4n) is 2.10. The van der Waals surface area contributed by atoms with Crippen molar-refractivity contribution in [2.45, 2.75) is 25.9 Å². The Labute approximate surface area is 116 Å². The van der Waals surface area contributed by atoms with Crippen LogP contribution in [0.25, 0.3) is 0 Å². The highest BCUT2D eigenvalue weighted by Crippen LogP contribution is 2.22. The first-order valence-electron chi connectivity index (χ1n) is 5.73. The van der Waals surface area contributed by atoms with Gasteiger partial charge in [0.15, 0.2) is 0 Å². The average molecular weight is 289 g/mol. The van der Waals surface area contributed by atoms with Crippen LogP contribution in [-0.4, -0.2) is 41.1 Å². The lowest BCUT2D eigenvalue weighted by Crippen LogP contribution is -2.52. The van der Waals surface area contributed by atoms with Gasteiger partial charge in [-0.1, -0.05) is 23.2 Å².